The third kappa shape index (κ3) is 3.60. The summed E-state index contributed by atoms with van der Waals surface area (Å²) in [6.07, 6.45) is 4.48. The summed E-state index contributed by atoms with van der Waals surface area (Å²) in [4.78, 5) is 2.69. The van der Waals surface area contributed by atoms with Gasteiger partial charge in [-0.05, 0) is 37.8 Å². The van der Waals surface area contributed by atoms with Crippen molar-refractivity contribution >= 4 is 31.6 Å². The van der Waals surface area contributed by atoms with Gasteiger partial charge in [0.1, 0.15) is 4.90 Å². The van der Waals surface area contributed by atoms with E-state index < -0.39 is 10.0 Å². The van der Waals surface area contributed by atoms with Crippen molar-refractivity contribution in [3.8, 4) is 0 Å². The first kappa shape index (κ1) is 16.8. The first-order valence-electron chi connectivity index (χ1n) is 7.32. The van der Waals surface area contributed by atoms with E-state index in [-0.39, 0.29) is 0 Å². The molecule has 1 aliphatic rings. The summed E-state index contributed by atoms with van der Waals surface area (Å²) >= 11 is 3.48. The van der Waals surface area contributed by atoms with E-state index in [9.17, 15) is 8.42 Å². The highest BCUT2D eigenvalue weighted by atomic mass is 79.9. The topological polar surface area (TPSA) is 40.6 Å². The molecule has 0 aromatic heterocycles. The molecule has 1 aromatic rings. The predicted molar refractivity (Wildman–Crippen MR) is 90.7 cm³/mol. The zero-order chi connectivity index (χ0) is 15.5. The summed E-state index contributed by atoms with van der Waals surface area (Å²) < 4.78 is 26.3. The molecule has 0 saturated carbocycles. The number of rotatable bonds is 6. The number of halogens is 1. The van der Waals surface area contributed by atoms with Gasteiger partial charge in [-0.25, -0.2) is 12.7 Å². The van der Waals surface area contributed by atoms with Crippen LogP contribution in [0.15, 0.2) is 29.2 Å². The summed E-state index contributed by atoms with van der Waals surface area (Å²) in [6, 6.07) is 7.81. The van der Waals surface area contributed by atoms with E-state index in [1.54, 1.807) is 26.2 Å². The van der Waals surface area contributed by atoms with E-state index >= 15 is 0 Å². The maximum absolute atomic E-state index is 12.5. The SMILES string of the molecule is CN(C)S(=O)(=O)c1ccccc1N1CCCC1CCCBr. The van der Waals surface area contributed by atoms with Gasteiger partial charge in [-0.3, -0.25) is 0 Å². The molecule has 1 saturated heterocycles. The van der Waals surface area contributed by atoms with Crippen molar-refractivity contribution in [1.82, 2.24) is 4.31 Å². The van der Waals surface area contributed by atoms with Gasteiger partial charge < -0.3 is 4.90 Å². The normalized spacial score (nSPS) is 19.4. The molecular weight excluding hydrogens is 352 g/mol. The highest BCUT2D eigenvalue weighted by Crippen LogP contribution is 2.33. The number of benzene rings is 1. The fraction of sp³-hybridized carbons (Fsp3) is 0.600. The fourth-order valence-corrected chi connectivity index (χ4v) is 4.29. The van der Waals surface area contributed by atoms with E-state index in [4.69, 9.17) is 0 Å². The van der Waals surface area contributed by atoms with Gasteiger partial charge in [-0.15, -0.1) is 0 Å². The molecule has 4 nitrogen and oxygen atoms in total. The molecule has 0 radical (unpaired) electrons. The van der Waals surface area contributed by atoms with Crippen molar-refractivity contribution in [3.63, 3.8) is 0 Å². The van der Waals surface area contributed by atoms with E-state index in [0.29, 0.717) is 10.9 Å². The smallest absolute Gasteiger partial charge is 0.244 e. The number of anilines is 1. The number of para-hydroxylation sites is 1. The highest BCUT2D eigenvalue weighted by molar-refractivity contribution is 9.09. The molecule has 118 valence electrons. The van der Waals surface area contributed by atoms with E-state index in [2.05, 4.69) is 20.8 Å². The molecule has 1 fully saturated rings. The Hall–Kier alpha value is -0.590. The van der Waals surface area contributed by atoms with E-state index in [1.165, 1.54) is 4.31 Å². The number of alkyl halides is 1. The van der Waals surface area contributed by atoms with Crippen LogP contribution in [0, 0.1) is 0 Å². The molecule has 6 heteroatoms. The molecule has 1 aliphatic heterocycles. The first-order chi connectivity index (χ1) is 9.98. The van der Waals surface area contributed by atoms with Crippen LogP contribution in [0.5, 0.6) is 0 Å². The molecular formula is C15H23BrN2O2S. The largest absolute Gasteiger partial charge is 0.367 e. The van der Waals surface area contributed by atoms with Gasteiger partial charge in [0.05, 0.1) is 5.69 Å². The molecule has 0 bridgehead atoms. The maximum Gasteiger partial charge on any atom is 0.244 e. The minimum absolute atomic E-state index is 0.417. The average Bonchev–Trinajstić information content (AvgIpc) is 2.93. The standard InChI is InChI=1S/C15H23BrN2O2S/c1-17(2)21(19,20)15-10-4-3-9-14(15)18-12-6-8-13(18)7-5-11-16/h3-4,9-10,13H,5-8,11-12H2,1-2H3. The van der Waals surface area contributed by atoms with Crippen LogP contribution in [-0.4, -0.2) is 44.7 Å². The number of hydrogen-bond donors (Lipinski definition) is 0. The van der Waals surface area contributed by atoms with Gasteiger partial charge in [0.15, 0.2) is 0 Å². The molecule has 0 amide bonds. The Balaban J connectivity index is 2.36. The second-order valence-corrected chi connectivity index (χ2v) is 8.49. The van der Waals surface area contributed by atoms with Crippen LogP contribution in [0.25, 0.3) is 0 Å². The molecule has 1 unspecified atom stereocenters. The molecule has 0 spiro atoms. The Morgan fingerprint density at radius 1 is 1.33 bits per heavy atom. The van der Waals surface area contributed by atoms with Crippen molar-refractivity contribution in [2.75, 3.05) is 30.9 Å². The Bertz CT molecular complexity index is 575. The zero-order valence-electron chi connectivity index (χ0n) is 12.6. The average molecular weight is 375 g/mol. The Morgan fingerprint density at radius 2 is 2.05 bits per heavy atom. The number of nitrogens with zero attached hydrogens (tertiary/aromatic N) is 2. The highest BCUT2D eigenvalue weighted by Gasteiger charge is 2.29. The molecule has 0 aliphatic carbocycles. The Morgan fingerprint density at radius 3 is 2.71 bits per heavy atom. The Labute approximate surface area is 136 Å². The molecule has 2 rings (SSSR count). The van der Waals surface area contributed by atoms with E-state index in [1.807, 2.05) is 12.1 Å². The van der Waals surface area contributed by atoms with Crippen LogP contribution in [0.3, 0.4) is 0 Å². The van der Waals surface area contributed by atoms with Crippen molar-refractivity contribution in [2.24, 2.45) is 0 Å². The second kappa shape index (κ2) is 7.11. The third-order valence-electron chi connectivity index (χ3n) is 3.98. The Kier molecular flexibility index (Phi) is 5.68. The van der Waals surface area contributed by atoms with Gasteiger partial charge in [0.25, 0.3) is 0 Å². The van der Waals surface area contributed by atoms with Gasteiger partial charge >= 0.3 is 0 Å². The number of sulfonamides is 1. The second-order valence-electron chi connectivity index (χ2n) is 5.58. The van der Waals surface area contributed by atoms with Gasteiger partial charge in [-0.2, -0.15) is 0 Å². The van der Waals surface area contributed by atoms with E-state index in [0.717, 1.165) is 43.2 Å². The zero-order valence-corrected chi connectivity index (χ0v) is 15.0. The molecule has 1 heterocycles. The molecule has 0 N–H and O–H groups in total. The van der Waals surface area contributed by atoms with Crippen molar-refractivity contribution in [3.05, 3.63) is 24.3 Å². The van der Waals surface area contributed by atoms with Gasteiger partial charge in [0.2, 0.25) is 10.0 Å². The van der Waals surface area contributed by atoms with Crippen LogP contribution in [0.4, 0.5) is 5.69 Å². The van der Waals surface area contributed by atoms with Crippen LogP contribution >= 0.6 is 15.9 Å². The summed E-state index contributed by atoms with van der Waals surface area (Å²) in [7, 11) is -0.243. The lowest BCUT2D eigenvalue weighted by atomic mass is 10.1. The minimum Gasteiger partial charge on any atom is -0.367 e. The fourth-order valence-electron chi connectivity index (χ4n) is 2.88. The van der Waals surface area contributed by atoms with Gasteiger partial charge in [0, 0.05) is 32.0 Å². The van der Waals surface area contributed by atoms with Crippen molar-refractivity contribution in [2.45, 2.75) is 36.6 Å². The summed E-state index contributed by atoms with van der Waals surface area (Å²) in [5.41, 5.74) is 0.850. The summed E-state index contributed by atoms with van der Waals surface area (Å²) in [6.45, 7) is 0.937. The minimum atomic E-state index is -3.41. The van der Waals surface area contributed by atoms with Crippen LogP contribution in [0.2, 0.25) is 0 Å². The maximum atomic E-state index is 12.5. The monoisotopic (exact) mass is 374 g/mol. The summed E-state index contributed by atoms with van der Waals surface area (Å²) in [5, 5.41) is 0.995. The predicted octanol–water partition coefficient (Wildman–Crippen LogP) is 3.08. The first-order valence-corrected chi connectivity index (χ1v) is 9.89. The van der Waals surface area contributed by atoms with Crippen LogP contribution in [0.1, 0.15) is 25.7 Å². The van der Waals surface area contributed by atoms with Crippen LogP contribution < -0.4 is 4.90 Å². The molecule has 1 aromatic carbocycles. The molecule has 21 heavy (non-hydrogen) atoms. The van der Waals surface area contributed by atoms with Crippen molar-refractivity contribution < 1.29 is 8.42 Å². The lowest BCUT2D eigenvalue weighted by molar-refractivity contribution is 0.519. The lowest BCUT2D eigenvalue weighted by Gasteiger charge is -2.29. The lowest BCUT2D eigenvalue weighted by Crippen LogP contribution is -2.32. The summed E-state index contributed by atoms with van der Waals surface area (Å²) in [5.74, 6) is 0. The third-order valence-corrected chi connectivity index (χ3v) is 6.40. The number of hydrogen-bond acceptors (Lipinski definition) is 3. The molecule has 1 atom stereocenters. The van der Waals surface area contributed by atoms with Gasteiger partial charge in [-0.1, -0.05) is 28.1 Å². The quantitative estimate of drug-likeness (QED) is 0.718. The van der Waals surface area contributed by atoms with Crippen LogP contribution in [-0.2, 0) is 10.0 Å². The van der Waals surface area contributed by atoms with Crippen molar-refractivity contribution in [1.29, 1.82) is 0 Å².